The molecule has 1 aromatic heterocycles. The Hall–Kier alpha value is -1.29. The van der Waals surface area contributed by atoms with Crippen molar-refractivity contribution in [1.82, 2.24) is 4.98 Å². The number of anilines is 1. The van der Waals surface area contributed by atoms with Gasteiger partial charge in [-0.05, 0) is 31.5 Å². The van der Waals surface area contributed by atoms with Crippen LogP contribution in [-0.4, -0.2) is 12.0 Å². The Bertz CT molecular complexity index is 520. The van der Waals surface area contributed by atoms with Gasteiger partial charge in [-0.25, -0.2) is 0 Å². The van der Waals surface area contributed by atoms with Gasteiger partial charge in [-0.15, -0.1) is 0 Å². The van der Waals surface area contributed by atoms with Crippen molar-refractivity contribution in [3.63, 3.8) is 0 Å². The first kappa shape index (κ1) is 11.2. The minimum Gasteiger partial charge on any atom is -0.423 e. The molecule has 0 bridgehead atoms. The topological polar surface area (TPSA) is 38.1 Å². The summed E-state index contributed by atoms with van der Waals surface area (Å²) < 4.78 is 6.68. The van der Waals surface area contributed by atoms with E-state index in [9.17, 15) is 0 Å². The van der Waals surface area contributed by atoms with Gasteiger partial charge >= 0.3 is 0 Å². The zero-order valence-electron chi connectivity index (χ0n) is 9.47. The van der Waals surface area contributed by atoms with Gasteiger partial charge < -0.3 is 9.73 Å². The highest BCUT2D eigenvalue weighted by Gasteiger charge is 2.13. The highest BCUT2D eigenvalue weighted by molar-refractivity contribution is 9.10. The van der Waals surface area contributed by atoms with E-state index in [0.717, 1.165) is 21.5 Å². The molecule has 3 nitrogen and oxygen atoms in total. The molecule has 0 spiro atoms. The molecule has 0 aliphatic heterocycles. The number of rotatable bonds is 2. The maximum atomic E-state index is 5.64. The Morgan fingerprint density at radius 3 is 2.69 bits per heavy atom. The molecule has 16 heavy (non-hydrogen) atoms. The average molecular weight is 281 g/mol. The molecule has 1 N–H and O–H groups in total. The number of hydrogen-bond donors (Lipinski definition) is 1. The fourth-order valence-corrected chi connectivity index (χ4v) is 1.95. The first-order chi connectivity index (χ1) is 7.61. The fourth-order valence-electron chi connectivity index (χ4n) is 1.59. The number of hydrogen-bond acceptors (Lipinski definition) is 3. The van der Waals surface area contributed by atoms with Crippen LogP contribution in [0, 0.1) is 13.8 Å². The summed E-state index contributed by atoms with van der Waals surface area (Å²) >= 11 is 3.46. The molecule has 4 heteroatoms. The molecule has 0 aliphatic rings. The van der Waals surface area contributed by atoms with E-state index in [1.165, 1.54) is 5.56 Å². The molecule has 0 radical (unpaired) electrons. The van der Waals surface area contributed by atoms with E-state index in [1.807, 2.05) is 19.1 Å². The number of nitrogens with zero attached hydrogens (tertiary/aromatic N) is 1. The maximum absolute atomic E-state index is 5.64. The number of benzene rings is 1. The summed E-state index contributed by atoms with van der Waals surface area (Å²) in [6, 6.07) is 6.67. The van der Waals surface area contributed by atoms with Crippen LogP contribution in [0.5, 0.6) is 0 Å². The van der Waals surface area contributed by atoms with E-state index >= 15 is 0 Å². The first-order valence-corrected chi connectivity index (χ1v) is 5.83. The van der Waals surface area contributed by atoms with Crippen LogP contribution in [0.25, 0.3) is 11.3 Å². The third kappa shape index (κ3) is 1.97. The molecular weight excluding hydrogens is 268 g/mol. The Morgan fingerprint density at radius 2 is 2.06 bits per heavy atom. The molecule has 2 aromatic rings. The molecule has 0 atom stereocenters. The fraction of sp³-hybridized carbons (Fsp3) is 0.250. The van der Waals surface area contributed by atoms with Gasteiger partial charge in [0.05, 0.1) is 5.69 Å². The Morgan fingerprint density at radius 1 is 1.31 bits per heavy atom. The molecular formula is C12H13BrN2O. The molecule has 0 fully saturated rings. The Labute approximate surface area is 103 Å². The van der Waals surface area contributed by atoms with Crippen molar-refractivity contribution in [3.05, 3.63) is 33.9 Å². The lowest BCUT2D eigenvalue weighted by Crippen LogP contribution is -1.85. The van der Waals surface area contributed by atoms with Gasteiger partial charge in [0, 0.05) is 17.1 Å². The number of oxazole rings is 1. The summed E-state index contributed by atoms with van der Waals surface area (Å²) in [5.74, 6) is 0.822. The van der Waals surface area contributed by atoms with Crippen LogP contribution in [0.3, 0.4) is 0 Å². The normalized spacial score (nSPS) is 10.5. The van der Waals surface area contributed by atoms with Crippen molar-refractivity contribution >= 4 is 21.9 Å². The van der Waals surface area contributed by atoms with E-state index in [4.69, 9.17) is 4.42 Å². The van der Waals surface area contributed by atoms with Gasteiger partial charge in [0.25, 0.3) is 6.01 Å². The smallest absolute Gasteiger partial charge is 0.295 e. The van der Waals surface area contributed by atoms with Crippen molar-refractivity contribution in [2.24, 2.45) is 0 Å². The summed E-state index contributed by atoms with van der Waals surface area (Å²) in [6.07, 6.45) is 0. The lowest BCUT2D eigenvalue weighted by molar-refractivity contribution is 0.588. The second-order valence-electron chi connectivity index (χ2n) is 3.64. The summed E-state index contributed by atoms with van der Waals surface area (Å²) in [6.45, 7) is 4.00. The quantitative estimate of drug-likeness (QED) is 0.910. The molecule has 84 valence electrons. The van der Waals surface area contributed by atoms with E-state index in [-0.39, 0.29) is 0 Å². The number of nitrogens with one attached hydrogen (secondary N) is 1. The summed E-state index contributed by atoms with van der Waals surface area (Å²) in [4.78, 5) is 4.28. The van der Waals surface area contributed by atoms with Crippen LogP contribution in [-0.2, 0) is 0 Å². The van der Waals surface area contributed by atoms with Crippen LogP contribution in [0.2, 0.25) is 0 Å². The number of aromatic nitrogens is 1. The maximum Gasteiger partial charge on any atom is 0.295 e. The third-order valence-corrected chi connectivity index (χ3v) is 2.95. The van der Waals surface area contributed by atoms with Gasteiger partial charge in [-0.2, -0.15) is 4.98 Å². The highest BCUT2D eigenvalue weighted by Crippen LogP contribution is 2.31. The van der Waals surface area contributed by atoms with Crippen LogP contribution in [0.15, 0.2) is 27.1 Å². The van der Waals surface area contributed by atoms with Crippen molar-refractivity contribution in [1.29, 1.82) is 0 Å². The van der Waals surface area contributed by atoms with E-state index in [2.05, 4.69) is 39.2 Å². The predicted octanol–water partition coefficient (Wildman–Crippen LogP) is 3.76. The van der Waals surface area contributed by atoms with Crippen LogP contribution in [0.1, 0.15) is 11.3 Å². The molecule has 1 aromatic carbocycles. The average Bonchev–Trinajstić information content (AvgIpc) is 2.63. The number of aryl methyl sites for hydroxylation is 2. The molecule has 0 aliphatic carbocycles. The summed E-state index contributed by atoms with van der Waals surface area (Å²) in [7, 11) is 1.79. The van der Waals surface area contributed by atoms with Crippen LogP contribution in [0.4, 0.5) is 6.01 Å². The lowest BCUT2D eigenvalue weighted by atomic mass is 10.1. The van der Waals surface area contributed by atoms with Gasteiger partial charge in [0.2, 0.25) is 0 Å². The van der Waals surface area contributed by atoms with E-state index in [0.29, 0.717) is 6.01 Å². The summed E-state index contributed by atoms with van der Waals surface area (Å²) in [5, 5.41) is 2.90. The SMILES string of the molecule is CNc1nc(C)c(-c2cc(Br)ccc2C)o1. The van der Waals surface area contributed by atoms with Gasteiger partial charge in [0.1, 0.15) is 0 Å². The molecule has 1 heterocycles. The van der Waals surface area contributed by atoms with E-state index < -0.39 is 0 Å². The second-order valence-corrected chi connectivity index (χ2v) is 4.56. The van der Waals surface area contributed by atoms with Crippen LogP contribution >= 0.6 is 15.9 Å². The lowest BCUT2D eigenvalue weighted by Gasteiger charge is -2.03. The Balaban J connectivity index is 2.57. The molecule has 0 amide bonds. The predicted molar refractivity (Wildman–Crippen MR) is 68.7 cm³/mol. The number of halogens is 1. The second kappa shape index (κ2) is 4.29. The van der Waals surface area contributed by atoms with Crippen LogP contribution < -0.4 is 5.32 Å². The first-order valence-electron chi connectivity index (χ1n) is 5.03. The molecule has 2 rings (SSSR count). The van der Waals surface area contributed by atoms with Gasteiger partial charge in [0.15, 0.2) is 5.76 Å². The minimum absolute atomic E-state index is 0.548. The van der Waals surface area contributed by atoms with Crippen molar-refractivity contribution < 1.29 is 4.42 Å². The minimum atomic E-state index is 0.548. The van der Waals surface area contributed by atoms with Gasteiger partial charge in [-0.3, -0.25) is 0 Å². The molecule has 0 unspecified atom stereocenters. The zero-order valence-corrected chi connectivity index (χ0v) is 11.1. The van der Waals surface area contributed by atoms with Crippen molar-refractivity contribution in [2.45, 2.75) is 13.8 Å². The van der Waals surface area contributed by atoms with Crippen molar-refractivity contribution in [3.8, 4) is 11.3 Å². The largest absolute Gasteiger partial charge is 0.423 e. The summed E-state index contributed by atoms with van der Waals surface area (Å²) in [5.41, 5.74) is 3.14. The Kier molecular flexibility index (Phi) is 3.01. The highest BCUT2D eigenvalue weighted by atomic mass is 79.9. The molecule has 0 saturated heterocycles. The standard InChI is InChI=1S/C12H13BrN2O/c1-7-4-5-9(13)6-10(7)11-8(2)15-12(14-3)16-11/h4-6H,1-3H3,(H,14,15). The third-order valence-electron chi connectivity index (χ3n) is 2.45. The molecule has 0 saturated carbocycles. The van der Waals surface area contributed by atoms with Gasteiger partial charge in [-0.1, -0.05) is 22.0 Å². The van der Waals surface area contributed by atoms with E-state index in [1.54, 1.807) is 7.05 Å². The monoisotopic (exact) mass is 280 g/mol. The zero-order chi connectivity index (χ0) is 11.7. The van der Waals surface area contributed by atoms with Crippen molar-refractivity contribution in [2.75, 3.05) is 12.4 Å².